The standard InChI is InChI=1S/C7H10O6S/c1-2-6(14(9,10)11)3-5-4-12-7(8)13-5/h2,5-6H,1,3-4H2,(H,9,10,11). The minimum absolute atomic E-state index is 0.00130. The molecule has 14 heavy (non-hydrogen) atoms. The van der Waals surface area contributed by atoms with Crippen molar-refractivity contribution < 1.29 is 27.2 Å². The molecule has 0 aliphatic carbocycles. The molecule has 7 heteroatoms. The van der Waals surface area contributed by atoms with Crippen LogP contribution in [0.2, 0.25) is 0 Å². The zero-order chi connectivity index (χ0) is 10.8. The summed E-state index contributed by atoms with van der Waals surface area (Å²) in [6.45, 7) is 3.27. The van der Waals surface area contributed by atoms with E-state index in [2.05, 4.69) is 16.1 Å². The summed E-state index contributed by atoms with van der Waals surface area (Å²) in [5, 5.41) is -1.14. The molecule has 0 aromatic rings. The van der Waals surface area contributed by atoms with Gasteiger partial charge in [0.05, 0.1) is 0 Å². The number of rotatable bonds is 4. The molecule has 1 fully saturated rings. The Hall–Kier alpha value is -1.08. The Balaban J connectivity index is 2.58. The van der Waals surface area contributed by atoms with Crippen LogP contribution in [0, 0.1) is 0 Å². The maximum absolute atomic E-state index is 10.7. The van der Waals surface area contributed by atoms with Crippen LogP contribution in [0.15, 0.2) is 12.7 Å². The smallest absolute Gasteiger partial charge is 0.430 e. The van der Waals surface area contributed by atoms with E-state index in [0.29, 0.717) is 0 Å². The lowest BCUT2D eigenvalue weighted by molar-refractivity contribution is 0.116. The fourth-order valence-electron chi connectivity index (χ4n) is 1.08. The lowest BCUT2D eigenvalue weighted by Crippen LogP contribution is -2.25. The van der Waals surface area contributed by atoms with Gasteiger partial charge in [-0.3, -0.25) is 4.55 Å². The minimum Gasteiger partial charge on any atom is -0.430 e. The van der Waals surface area contributed by atoms with Crippen molar-refractivity contribution in [1.29, 1.82) is 0 Å². The zero-order valence-electron chi connectivity index (χ0n) is 7.25. The van der Waals surface area contributed by atoms with Crippen LogP contribution in [0.3, 0.4) is 0 Å². The van der Waals surface area contributed by atoms with Crippen LogP contribution in [-0.4, -0.2) is 37.1 Å². The molecule has 0 saturated carbocycles. The van der Waals surface area contributed by atoms with E-state index >= 15 is 0 Å². The van der Waals surface area contributed by atoms with E-state index in [-0.39, 0.29) is 13.0 Å². The molecule has 1 aliphatic rings. The molecule has 2 atom stereocenters. The summed E-state index contributed by atoms with van der Waals surface area (Å²) in [6, 6.07) is 0. The first-order chi connectivity index (χ1) is 6.43. The van der Waals surface area contributed by atoms with Crippen molar-refractivity contribution in [3.63, 3.8) is 0 Å². The van der Waals surface area contributed by atoms with Crippen LogP contribution in [-0.2, 0) is 19.6 Å². The van der Waals surface area contributed by atoms with Crippen molar-refractivity contribution in [1.82, 2.24) is 0 Å². The molecule has 1 heterocycles. The highest BCUT2D eigenvalue weighted by Crippen LogP contribution is 2.16. The van der Waals surface area contributed by atoms with Crippen LogP contribution in [0.25, 0.3) is 0 Å². The molecule has 0 radical (unpaired) electrons. The average Bonchev–Trinajstić information content (AvgIpc) is 2.45. The van der Waals surface area contributed by atoms with E-state index in [1.54, 1.807) is 0 Å². The Bertz CT molecular complexity index is 332. The first kappa shape index (κ1) is 11.0. The van der Waals surface area contributed by atoms with Gasteiger partial charge >= 0.3 is 6.16 Å². The van der Waals surface area contributed by atoms with Crippen molar-refractivity contribution in [3.05, 3.63) is 12.7 Å². The molecule has 0 bridgehead atoms. The molecule has 2 unspecified atom stereocenters. The minimum atomic E-state index is -4.18. The molecule has 0 amide bonds. The Morgan fingerprint density at radius 1 is 1.71 bits per heavy atom. The van der Waals surface area contributed by atoms with Crippen molar-refractivity contribution in [2.24, 2.45) is 0 Å². The van der Waals surface area contributed by atoms with Gasteiger partial charge in [-0.1, -0.05) is 6.08 Å². The van der Waals surface area contributed by atoms with Gasteiger partial charge in [0.2, 0.25) is 0 Å². The summed E-state index contributed by atoms with van der Waals surface area (Å²) < 4.78 is 39.2. The van der Waals surface area contributed by atoms with Gasteiger partial charge in [0.25, 0.3) is 10.1 Å². The Kier molecular flexibility index (Phi) is 3.12. The first-order valence-electron chi connectivity index (χ1n) is 3.85. The van der Waals surface area contributed by atoms with Gasteiger partial charge in [0, 0.05) is 6.42 Å². The first-order valence-corrected chi connectivity index (χ1v) is 5.36. The van der Waals surface area contributed by atoms with Gasteiger partial charge in [-0.15, -0.1) is 6.58 Å². The lowest BCUT2D eigenvalue weighted by atomic mass is 10.2. The number of cyclic esters (lactones) is 2. The molecule has 1 rings (SSSR count). The third kappa shape index (κ3) is 2.71. The van der Waals surface area contributed by atoms with E-state index in [1.165, 1.54) is 0 Å². The quantitative estimate of drug-likeness (QED) is 0.419. The Labute approximate surface area is 81.3 Å². The molecular formula is C7H10O6S. The monoisotopic (exact) mass is 222 g/mol. The van der Waals surface area contributed by atoms with Gasteiger partial charge in [0.1, 0.15) is 18.0 Å². The van der Waals surface area contributed by atoms with E-state index in [9.17, 15) is 13.2 Å². The van der Waals surface area contributed by atoms with E-state index in [0.717, 1.165) is 6.08 Å². The number of carbonyl (C=O) groups is 1. The van der Waals surface area contributed by atoms with Crippen molar-refractivity contribution in [2.45, 2.75) is 17.8 Å². The maximum Gasteiger partial charge on any atom is 0.508 e. The van der Waals surface area contributed by atoms with Crippen LogP contribution >= 0.6 is 0 Å². The summed E-state index contributed by atoms with van der Waals surface area (Å²) in [5.41, 5.74) is 0. The molecular weight excluding hydrogens is 212 g/mol. The topological polar surface area (TPSA) is 89.9 Å². The van der Waals surface area contributed by atoms with Crippen molar-refractivity contribution >= 4 is 16.3 Å². The Morgan fingerprint density at radius 3 is 2.71 bits per heavy atom. The van der Waals surface area contributed by atoms with Crippen LogP contribution in [0.5, 0.6) is 0 Å². The SMILES string of the molecule is C=CC(CC1COC(=O)O1)S(=O)(=O)O. The molecule has 80 valence electrons. The third-order valence-corrected chi connectivity index (χ3v) is 2.94. The second kappa shape index (κ2) is 3.97. The number of carbonyl (C=O) groups excluding carboxylic acids is 1. The average molecular weight is 222 g/mol. The van der Waals surface area contributed by atoms with Gasteiger partial charge in [-0.05, 0) is 0 Å². The number of hydrogen-bond acceptors (Lipinski definition) is 5. The van der Waals surface area contributed by atoms with Crippen molar-refractivity contribution in [3.8, 4) is 0 Å². The lowest BCUT2D eigenvalue weighted by Gasteiger charge is -2.11. The normalized spacial score (nSPS) is 23.8. The van der Waals surface area contributed by atoms with Crippen LogP contribution in [0.1, 0.15) is 6.42 Å². The summed E-state index contributed by atoms with van der Waals surface area (Å²) in [7, 11) is -4.18. The van der Waals surface area contributed by atoms with Gasteiger partial charge in [0.15, 0.2) is 0 Å². The molecule has 0 aromatic carbocycles. The predicted molar refractivity (Wildman–Crippen MR) is 46.4 cm³/mol. The predicted octanol–water partition coefficient (Wildman–Crippen LogP) is 0.354. The maximum atomic E-state index is 10.7. The largest absolute Gasteiger partial charge is 0.508 e. The zero-order valence-corrected chi connectivity index (χ0v) is 8.07. The van der Waals surface area contributed by atoms with E-state index < -0.39 is 27.6 Å². The van der Waals surface area contributed by atoms with Crippen LogP contribution in [0.4, 0.5) is 4.79 Å². The molecule has 1 saturated heterocycles. The highest BCUT2D eigenvalue weighted by Gasteiger charge is 2.31. The summed E-state index contributed by atoms with van der Waals surface area (Å²) in [4.78, 5) is 10.5. The van der Waals surface area contributed by atoms with Crippen LogP contribution < -0.4 is 0 Å². The molecule has 6 nitrogen and oxygen atoms in total. The summed E-state index contributed by atoms with van der Waals surface area (Å²) in [6.07, 6.45) is -0.434. The second-order valence-electron chi connectivity index (χ2n) is 2.83. The van der Waals surface area contributed by atoms with Gasteiger partial charge in [-0.25, -0.2) is 4.79 Å². The second-order valence-corrected chi connectivity index (χ2v) is 4.46. The van der Waals surface area contributed by atoms with Crippen molar-refractivity contribution in [2.75, 3.05) is 6.61 Å². The molecule has 1 N–H and O–H groups in total. The highest BCUT2D eigenvalue weighted by atomic mass is 32.2. The van der Waals surface area contributed by atoms with Gasteiger partial charge in [-0.2, -0.15) is 8.42 Å². The number of hydrogen-bond donors (Lipinski definition) is 1. The molecule has 1 aliphatic heterocycles. The van der Waals surface area contributed by atoms with E-state index in [1.807, 2.05) is 0 Å². The fourth-order valence-corrected chi connectivity index (χ4v) is 1.78. The van der Waals surface area contributed by atoms with Gasteiger partial charge < -0.3 is 9.47 Å². The summed E-state index contributed by atoms with van der Waals surface area (Å²) >= 11 is 0. The molecule has 0 aromatic heterocycles. The third-order valence-electron chi connectivity index (χ3n) is 1.79. The fraction of sp³-hybridized carbons (Fsp3) is 0.571. The number of ether oxygens (including phenoxy) is 2. The molecule has 0 spiro atoms. The highest BCUT2D eigenvalue weighted by molar-refractivity contribution is 7.86. The van der Waals surface area contributed by atoms with E-state index in [4.69, 9.17) is 4.55 Å². The Morgan fingerprint density at radius 2 is 2.36 bits per heavy atom. The summed E-state index contributed by atoms with van der Waals surface area (Å²) in [5.74, 6) is 0.